The normalized spacial score (nSPS) is 25.0. The van der Waals surface area contributed by atoms with Crippen molar-refractivity contribution in [1.82, 2.24) is 10.2 Å². The van der Waals surface area contributed by atoms with E-state index in [1.165, 1.54) is 19.5 Å². The van der Waals surface area contributed by atoms with Crippen molar-refractivity contribution < 1.29 is 4.74 Å². The van der Waals surface area contributed by atoms with Crippen LogP contribution in [0.5, 0.6) is 0 Å². The standard InChI is InChI=1S/C9H20N2O/c1-11-5-3-9(8-11)7-10-4-6-12-2/h9-10H,3-8H2,1-2H3. The lowest BCUT2D eigenvalue weighted by Crippen LogP contribution is -2.27. The minimum Gasteiger partial charge on any atom is -0.383 e. The molecule has 0 bridgehead atoms. The first-order valence-electron chi connectivity index (χ1n) is 4.71. The predicted molar refractivity (Wildman–Crippen MR) is 50.3 cm³/mol. The summed E-state index contributed by atoms with van der Waals surface area (Å²) in [6.07, 6.45) is 1.34. The van der Waals surface area contributed by atoms with Gasteiger partial charge in [0.25, 0.3) is 0 Å². The van der Waals surface area contributed by atoms with Crippen LogP contribution in [0, 0.1) is 5.92 Å². The number of hydrogen-bond donors (Lipinski definition) is 1. The molecule has 1 saturated heterocycles. The van der Waals surface area contributed by atoms with Crippen LogP contribution in [0.3, 0.4) is 0 Å². The van der Waals surface area contributed by atoms with E-state index in [4.69, 9.17) is 4.74 Å². The summed E-state index contributed by atoms with van der Waals surface area (Å²) in [6, 6.07) is 0. The number of methoxy groups -OCH3 is 1. The van der Waals surface area contributed by atoms with Crippen molar-refractivity contribution in [3.05, 3.63) is 0 Å². The zero-order valence-corrected chi connectivity index (χ0v) is 8.18. The van der Waals surface area contributed by atoms with Gasteiger partial charge >= 0.3 is 0 Å². The van der Waals surface area contributed by atoms with Crippen LogP contribution in [-0.4, -0.2) is 51.8 Å². The molecule has 3 nitrogen and oxygen atoms in total. The molecule has 0 radical (unpaired) electrons. The molecule has 0 aromatic heterocycles. The van der Waals surface area contributed by atoms with Crippen molar-refractivity contribution in [3.63, 3.8) is 0 Å². The molecule has 1 atom stereocenters. The van der Waals surface area contributed by atoms with Gasteiger partial charge in [-0.15, -0.1) is 0 Å². The molecule has 0 amide bonds. The number of rotatable bonds is 5. The molecular weight excluding hydrogens is 152 g/mol. The van der Waals surface area contributed by atoms with E-state index in [9.17, 15) is 0 Å². The average molecular weight is 172 g/mol. The molecule has 1 aliphatic heterocycles. The molecule has 0 aromatic rings. The van der Waals surface area contributed by atoms with Crippen LogP contribution >= 0.6 is 0 Å². The lowest BCUT2D eigenvalue weighted by Gasteiger charge is -2.10. The fourth-order valence-electron chi connectivity index (χ4n) is 1.67. The average Bonchev–Trinajstić information content (AvgIpc) is 2.45. The van der Waals surface area contributed by atoms with Crippen molar-refractivity contribution in [2.45, 2.75) is 6.42 Å². The second kappa shape index (κ2) is 5.51. The van der Waals surface area contributed by atoms with E-state index in [2.05, 4.69) is 17.3 Å². The Kier molecular flexibility index (Phi) is 4.58. The number of likely N-dealkylation sites (tertiary alicyclic amines) is 1. The van der Waals surface area contributed by atoms with Gasteiger partial charge in [-0.05, 0) is 32.5 Å². The first kappa shape index (κ1) is 9.96. The quantitative estimate of drug-likeness (QED) is 0.598. The van der Waals surface area contributed by atoms with Crippen molar-refractivity contribution in [2.75, 3.05) is 46.9 Å². The first-order chi connectivity index (χ1) is 5.83. The summed E-state index contributed by atoms with van der Waals surface area (Å²) in [4.78, 5) is 2.39. The Balaban J connectivity index is 1.93. The Bertz CT molecular complexity index is 119. The monoisotopic (exact) mass is 172 g/mol. The Morgan fingerprint density at radius 2 is 2.42 bits per heavy atom. The molecule has 0 spiro atoms. The minimum absolute atomic E-state index is 0.822. The largest absolute Gasteiger partial charge is 0.383 e. The highest BCUT2D eigenvalue weighted by molar-refractivity contribution is 4.74. The van der Waals surface area contributed by atoms with Crippen molar-refractivity contribution >= 4 is 0 Å². The summed E-state index contributed by atoms with van der Waals surface area (Å²) in [5.74, 6) is 0.854. The van der Waals surface area contributed by atoms with Crippen LogP contribution < -0.4 is 5.32 Å². The maximum Gasteiger partial charge on any atom is 0.0587 e. The zero-order chi connectivity index (χ0) is 8.81. The molecule has 1 unspecified atom stereocenters. The minimum atomic E-state index is 0.822. The highest BCUT2D eigenvalue weighted by Crippen LogP contribution is 2.12. The molecule has 1 N–H and O–H groups in total. The third-order valence-corrected chi connectivity index (χ3v) is 2.40. The summed E-state index contributed by atoms with van der Waals surface area (Å²) in [7, 11) is 3.93. The highest BCUT2D eigenvalue weighted by Gasteiger charge is 2.18. The van der Waals surface area contributed by atoms with E-state index < -0.39 is 0 Å². The predicted octanol–water partition coefficient (Wildman–Crippen LogP) is 0.174. The topological polar surface area (TPSA) is 24.5 Å². The van der Waals surface area contributed by atoms with E-state index in [0.29, 0.717) is 0 Å². The van der Waals surface area contributed by atoms with Gasteiger partial charge < -0.3 is 15.0 Å². The van der Waals surface area contributed by atoms with Gasteiger partial charge in [0.05, 0.1) is 6.61 Å². The van der Waals surface area contributed by atoms with E-state index in [1.54, 1.807) is 7.11 Å². The second-order valence-electron chi connectivity index (χ2n) is 3.61. The fraction of sp³-hybridized carbons (Fsp3) is 1.00. The summed E-state index contributed by atoms with van der Waals surface area (Å²) in [5.41, 5.74) is 0. The summed E-state index contributed by atoms with van der Waals surface area (Å²) >= 11 is 0. The number of ether oxygens (including phenoxy) is 1. The molecule has 1 rings (SSSR count). The maximum absolute atomic E-state index is 4.95. The number of nitrogens with one attached hydrogen (secondary N) is 1. The van der Waals surface area contributed by atoms with Crippen molar-refractivity contribution in [3.8, 4) is 0 Å². The van der Waals surface area contributed by atoms with E-state index >= 15 is 0 Å². The SMILES string of the molecule is COCCNCC1CCN(C)C1. The van der Waals surface area contributed by atoms with Gasteiger partial charge in [-0.2, -0.15) is 0 Å². The Morgan fingerprint density at radius 3 is 3.00 bits per heavy atom. The van der Waals surface area contributed by atoms with Gasteiger partial charge in [0.15, 0.2) is 0 Å². The Morgan fingerprint density at radius 1 is 1.58 bits per heavy atom. The molecule has 1 aliphatic rings. The third kappa shape index (κ3) is 3.52. The molecule has 1 fully saturated rings. The van der Waals surface area contributed by atoms with Crippen LogP contribution in [0.15, 0.2) is 0 Å². The second-order valence-corrected chi connectivity index (χ2v) is 3.61. The number of nitrogens with zero attached hydrogens (tertiary/aromatic N) is 1. The van der Waals surface area contributed by atoms with E-state index in [1.807, 2.05) is 0 Å². The first-order valence-corrected chi connectivity index (χ1v) is 4.71. The van der Waals surface area contributed by atoms with Gasteiger partial charge in [-0.3, -0.25) is 0 Å². The number of hydrogen-bond acceptors (Lipinski definition) is 3. The molecule has 72 valence electrons. The molecular formula is C9H20N2O. The van der Waals surface area contributed by atoms with E-state index in [-0.39, 0.29) is 0 Å². The van der Waals surface area contributed by atoms with Gasteiger partial charge in [-0.1, -0.05) is 0 Å². The Labute approximate surface area is 75.1 Å². The molecule has 3 heteroatoms. The lowest BCUT2D eigenvalue weighted by atomic mass is 10.1. The molecule has 1 heterocycles. The highest BCUT2D eigenvalue weighted by atomic mass is 16.5. The zero-order valence-electron chi connectivity index (χ0n) is 8.18. The van der Waals surface area contributed by atoms with Crippen molar-refractivity contribution in [1.29, 1.82) is 0 Å². The van der Waals surface area contributed by atoms with Gasteiger partial charge in [0, 0.05) is 20.2 Å². The van der Waals surface area contributed by atoms with E-state index in [0.717, 1.165) is 25.6 Å². The summed E-state index contributed by atoms with van der Waals surface area (Å²) < 4.78 is 4.95. The van der Waals surface area contributed by atoms with Crippen LogP contribution in [0.1, 0.15) is 6.42 Å². The third-order valence-electron chi connectivity index (χ3n) is 2.40. The molecule has 0 saturated carbocycles. The van der Waals surface area contributed by atoms with Crippen LogP contribution in [-0.2, 0) is 4.74 Å². The van der Waals surface area contributed by atoms with Crippen LogP contribution in [0.2, 0.25) is 0 Å². The molecule has 12 heavy (non-hydrogen) atoms. The molecule has 0 aromatic carbocycles. The van der Waals surface area contributed by atoms with Gasteiger partial charge in [0.2, 0.25) is 0 Å². The maximum atomic E-state index is 4.95. The smallest absolute Gasteiger partial charge is 0.0587 e. The summed E-state index contributed by atoms with van der Waals surface area (Å²) in [5, 5.41) is 3.40. The van der Waals surface area contributed by atoms with Gasteiger partial charge in [-0.25, -0.2) is 0 Å². The van der Waals surface area contributed by atoms with Crippen LogP contribution in [0.25, 0.3) is 0 Å². The van der Waals surface area contributed by atoms with Crippen molar-refractivity contribution in [2.24, 2.45) is 5.92 Å². The van der Waals surface area contributed by atoms with Gasteiger partial charge in [0.1, 0.15) is 0 Å². The summed E-state index contributed by atoms with van der Waals surface area (Å²) in [6.45, 7) is 5.46. The lowest BCUT2D eigenvalue weighted by molar-refractivity contribution is 0.198. The fourth-order valence-corrected chi connectivity index (χ4v) is 1.67. The van der Waals surface area contributed by atoms with Crippen LogP contribution in [0.4, 0.5) is 0 Å². The molecule has 0 aliphatic carbocycles. The Hall–Kier alpha value is -0.120.